The average Bonchev–Trinajstić information content (AvgIpc) is 3.04. The topological polar surface area (TPSA) is 83.4 Å². The number of fused-ring (bicyclic) bond motifs is 1. The fraction of sp³-hybridized carbons (Fsp3) is 0.222. The predicted molar refractivity (Wildman–Crippen MR) is 169 cm³/mol. The molecule has 1 fully saturated rings. The van der Waals surface area contributed by atoms with Crippen molar-refractivity contribution in [2.24, 2.45) is 0 Å². The lowest BCUT2D eigenvalue weighted by Gasteiger charge is -2.32. The summed E-state index contributed by atoms with van der Waals surface area (Å²) in [5, 5.41) is 10.0. The van der Waals surface area contributed by atoms with Gasteiger partial charge in [0.25, 0.3) is 5.91 Å². The number of hydrogen-bond donors (Lipinski definition) is 1. The number of piperidine rings is 1. The zero-order valence-corrected chi connectivity index (χ0v) is 24.5. The number of likely N-dealkylation sites (tertiary alicyclic amines) is 1. The van der Waals surface area contributed by atoms with Crippen LogP contribution in [0.5, 0.6) is 0 Å². The summed E-state index contributed by atoms with van der Waals surface area (Å²) >= 11 is 6.16. The van der Waals surface area contributed by atoms with E-state index in [1.807, 2.05) is 77.7 Å². The number of hydrogen-bond acceptors (Lipinski definition) is 4. The van der Waals surface area contributed by atoms with Gasteiger partial charge in [-0.15, -0.1) is 0 Å². The number of benzene rings is 4. The minimum Gasteiger partial charge on any atom is -0.481 e. The molecule has 0 unspecified atom stereocenters. The molecule has 6 nitrogen and oxygen atoms in total. The van der Waals surface area contributed by atoms with E-state index in [0.29, 0.717) is 40.4 Å². The molecule has 0 atom stereocenters. The number of rotatable bonds is 8. The van der Waals surface area contributed by atoms with E-state index in [0.717, 1.165) is 54.0 Å². The Balaban J connectivity index is 1.28. The Bertz CT molecular complexity index is 1760. The third-order valence-electron chi connectivity index (χ3n) is 8.25. The van der Waals surface area contributed by atoms with Gasteiger partial charge in [-0.2, -0.15) is 0 Å². The second kappa shape index (κ2) is 12.8. The predicted octanol–water partition coefficient (Wildman–Crippen LogP) is 7.38. The Morgan fingerprint density at radius 1 is 0.791 bits per heavy atom. The van der Waals surface area contributed by atoms with Gasteiger partial charge >= 0.3 is 5.97 Å². The van der Waals surface area contributed by atoms with Crippen LogP contribution in [0.25, 0.3) is 22.3 Å². The third kappa shape index (κ3) is 6.60. The summed E-state index contributed by atoms with van der Waals surface area (Å²) in [4.78, 5) is 36.9. The van der Waals surface area contributed by atoms with Crippen LogP contribution in [0, 0.1) is 0 Å². The Morgan fingerprint density at radius 3 is 2.21 bits per heavy atom. The number of carboxylic acid groups (broad SMARTS) is 1. The van der Waals surface area contributed by atoms with E-state index < -0.39 is 5.97 Å². The smallest absolute Gasteiger partial charge is 0.307 e. The standard InChI is InChI=1S/C36H32ClN3O3/c37-30-14-10-27(11-15-30)35-32(17-12-25-8-4-5-9-28(25)23-34(41)42)38-33-22-29(13-16-31(33)39-35)36(43)40-20-18-26(19-21-40)24-6-2-1-3-7-24/h1-11,13-16,22,26H,12,17-21,23H2,(H,41,42). The molecule has 43 heavy (non-hydrogen) atoms. The molecule has 5 aromatic rings. The first-order chi connectivity index (χ1) is 20.9. The van der Waals surface area contributed by atoms with Crippen molar-refractivity contribution in [1.82, 2.24) is 14.9 Å². The van der Waals surface area contributed by atoms with Crippen molar-refractivity contribution in [1.29, 1.82) is 0 Å². The first-order valence-corrected chi connectivity index (χ1v) is 15.0. The van der Waals surface area contributed by atoms with Crippen molar-refractivity contribution in [3.63, 3.8) is 0 Å². The fourth-order valence-corrected chi connectivity index (χ4v) is 6.08. The van der Waals surface area contributed by atoms with Gasteiger partial charge in [0.1, 0.15) is 0 Å². The number of carbonyl (C=O) groups excluding carboxylic acids is 1. The van der Waals surface area contributed by atoms with Crippen LogP contribution in [0.1, 0.15) is 51.5 Å². The highest BCUT2D eigenvalue weighted by Gasteiger charge is 2.25. The van der Waals surface area contributed by atoms with E-state index in [2.05, 4.69) is 24.3 Å². The maximum atomic E-state index is 13.5. The number of aromatic nitrogens is 2. The van der Waals surface area contributed by atoms with Crippen LogP contribution in [-0.4, -0.2) is 44.9 Å². The number of aliphatic carboxylic acids is 1. The molecule has 4 aromatic carbocycles. The highest BCUT2D eigenvalue weighted by Crippen LogP contribution is 2.30. The lowest BCUT2D eigenvalue weighted by atomic mass is 9.89. The molecule has 2 heterocycles. The third-order valence-corrected chi connectivity index (χ3v) is 8.50. The summed E-state index contributed by atoms with van der Waals surface area (Å²) in [6, 6.07) is 31.2. The molecular weight excluding hydrogens is 558 g/mol. The second-order valence-corrected chi connectivity index (χ2v) is 11.5. The Hall–Kier alpha value is -4.55. The average molecular weight is 590 g/mol. The molecule has 0 bridgehead atoms. The summed E-state index contributed by atoms with van der Waals surface area (Å²) < 4.78 is 0. The molecule has 216 valence electrons. The van der Waals surface area contributed by atoms with Gasteiger partial charge < -0.3 is 10.0 Å². The molecule has 1 aliphatic heterocycles. The van der Waals surface area contributed by atoms with E-state index in [1.165, 1.54) is 5.56 Å². The number of halogens is 1. The van der Waals surface area contributed by atoms with E-state index in [1.54, 1.807) is 0 Å². The van der Waals surface area contributed by atoms with E-state index in [4.69, 9.17) is 21.6 Å². The Kier molecular flexibility index (Phi) is 8.47. The van der Waals surface area contributed by atoms with Crippen LogP contribution in [0.4, 0.5) is 0 Å². The molecule has 1 aromatic heterocycles. The molecule has 1 aliphatic rings. The van der Waals surface area contributed by atoms with Crippen molar-refractivity contribution in [2.75, 3.05) is 13.1 Å². The maximum Gasteiger partial charge on any atom is 0.307 e. The monoisotopic (exact) mass is 589 g/mol. The Labute approximate surface area is 256 Å². The summed E-state index contributed by atoms with van der Waals surface area (Å²) in [5.74, 6) is -0.371. The van der Waals surface area contributed by atoms with Crippen LogP contribution in [0.2, 0.25) is 5.02 Å². The number of carboxylic acids is 1. The highest BCUT2D eigenvalue weighted by molar-refractivity contribution is 6.30. The van der Waals surface area contributed by atoms with Crippen LogP contribution in [0.3, 0.4) is 0 Å². The maximum absolute atomic E-state index is 13.5. The highest BCUT2D eigenvalue weighted by atomic mass is 35.5. The van der Waals surface area contributed by atoms with E-state index in [9.17, 15) is 14.7 Å². The van der Waals surface area contributed by atoms with Crippen molar-refractivity contribution in [3.05, 3.63) is 130 Å². The Morgan fingerprint density at radius 2 is 1.49 bits per heavy atom. The van der Waals surface area contributed by atoms with E-state index >= 15 is 0 Å². The molecular formula is C36H32ClN3O3. The van der Waals surface area contributed by atoms with Gasteiger partial charge in [0.05, 0.1) is 28.8 Å². The summed E-state index contributed by atoms with van der Waals surface area (Å²) in [6.07, 6.45) is 3.03. The van der Waals surface area contributed by atoms with Crippen molar-refractivity contribution >= 4 is 34.5 Å². The molecule has 6 rings (SSSR count). The minimum atomic E-state index is -0.860. The molecule has 1 amide bonds. The quantitative estimate of drug-likeness (QED) is 0.204. The van der Waals surface area contributed by atoms with Crippen LogP contribution >= 0.6 is 11.6 Å². The number of nitrogens with zero attached hydrogens (tertiary/aromatic N) is 3. The van der Waals surface area contributed by atoms with Crippen LogP contribution < -0.4 is 0 Å². The van der Waals surface area contributed by atoms with Crippen molar-refractivity contribution in [2.45, 2.75) is 38.0 Å². The van der Waals surface area contributed by atoms with Crippen molar-refractivity contribution < 1.29 is 14.7 Å². The molecule has 0 saturated carbocycles. The lowest BCUT2D eigenvalue weighted by Crippen LogP contribution is -2.37. The second-order valence-electron chi connectivity index (χ2n) is 11.0. The normalized spacial score (nSPS) is 13.7. The first kappa shape index (κ1) is 28.6. The van der Waals surface area contributed by atoms with Gasteiger partial charge in [-0.05, 0) is 78.6 Å². The number of aryl methyl sites for hydroxylation is 2. The van der Waals surface area contributed by atoms with E-state index in [-0.39, 0.29) is 12.3 Å². The van der Waals surface area contributed by atoms with Gasteiger partial charge in [-0.1, -0.05) is 78.3 Å². The van der Waals surface area contributed by atoms with Crippen LogP contribution in [-0.2, 0) is 24.1 Å². The van der Waals surface area contributed by atoms with Gasteiger partial charge in [0.15, 0.2) is 0 Å². The minimum absolute atomic E-state index is 0.0149. The molecule has 1 N–H and O–H groups in total. The molecule has 1 saturated heterocycles. The van der Waals surface area contributed by atoms with Gasteiger partial charge in [-0.25, -0.2) is 9.97 Å². The van der Waals surface area contributed by atoms with Gasteiger partial charge in [-0.3, -0.25) is 9.59 Å². The largest absolute Gasteiger partial charge is 0.481 e. The molecule has 0 aliphatic carbocycles. The zero-order chi connectivity index (χ0) is 29.8. The fourth-order valence-electron chi connectivity index (χ4n) is 5.95. The summed E-state index contributed by atoms with van der Waals surface area (Å²) in [6.45, 7) is 1.44. The molecule has 0 spiro atoms. The first-order valence-electron chi connectivity index (χ1n) is 14.6. The lowest BCUT2D eigenvalue weighted by molar-refractivity contribution is -0.136. The zero-order valence-electron chi connectivity index (χ0n) is 23.7. The van der Waals surface area contributed by atoms with Crippen molar-refractivity contribution in [3.8, 4) is 11.3 Å². The van der Waals surface area contributed by atoms with Gasteiger partial charge in [0.2, 0.25) is 0 Å². The molecule has 7 heteroatoms. The number of carbonyl (C=O) groups is 2. The number of amides is 1. The summed E-state index contributed by atoms with van der Waals surface area (Å²) in [7, 11) is 0. The van der Waals surface area contributed by atoms with Gasteiger partial charge in [0, 0.05) is 29.2 Å². The SMILES string of the molecule is O=C(O)Cc1ccccc1CCc1nc2cc(C(=O)N3CCC(c4ccccc4)CC3)ccc2nc1-c1ccc(Cl)cc1. The molecule has 0 radical (unpaired) electrons. The summed E-state index contributed by atoms with van der Waals surface area (Å²) in [5.41, 5.74) is 7.51. The van der Waals surface area contributed by atoms with Crippen LogP contribution in [0.15, 0.2) is 97.1 Å².